The number of hydrogen-bond donors (Lipinski definition) is 1. The topological polar surface area (TPSA) is 109 Å². The summed E-state index contributed by atoms with van der Waals surface area (Å²) in [6.07, 6.45) is 0.689. The molecule has 2 amide bonds. The first-order valence-electron chi connectivity index (χ1n) is 9.09. The monoisotopic (exact) mass is 419 g/mol. The third kappa shape index (κ3) is 6.61. The van der Waals surface area contributed by atoms with E-state index in [0.29, 0.717) is 23.7 Å². The van der Waals surface area contributed by atoms with Crippen molar-refractivity contribution in [2.24, 2.45) is 0 Å². The minimum Gasteiger partial charge on any atom is -0.329 e. The van der Waals surface area contributed by atoms with E-state index in [-0.39, 0.29) is 24.0 Å². The van der Waals surface area contributed by atoms with Crippen molar-refractivity contribution in [3.8, 4) is 0 Å². The first kappa shape index (κ1) is 22.4. The van der Waals surface area contributed by atoms with Crippen molar-refractivity contribution in [3.05, 3.63) is 50.5 Å². The fourth-order valence-electron chi connectivity index (χ4n) is 2.60. The van der Waals surface area contributed by atoms with Gasteiger partial charge in [0.25, 0.3) is 11.6 Å². The van der Waals surface area contributed by atoms with E-state index in [4.69, 9.17) is 0 Å². The number of thiazole rings is 1. The van der Waals surface area contributed by atoms with E-state index < -0.39 is 4.92 Å². The van der Waals surface area contributed by atoms with Crippen LogP contribution in [0.5, 0.6) is 0 Å². The van der Waals surface area contributed by atoms with Crippen LogP contribution in [-0.2, 0) is 4.79 Å². The van der Waals surface area contributed by atoms with Gasteiger partial charge in [0.1, 0.15) is 6.54 Å². The van der Waals surface area contributed by atoms with Crippen molar-refractivity contribution >= 4 is 34.0 Å². The number of nitrogens with one attached hydrogen (secondary N) is 1. The largest absolute Gasteiger partial charge is 0.329 e. The quantitative estimate of drug-likeness (QED) is 0.494. The van der Waals surface area contributed by atoms with Gasteiger partial charge in [-0.25, -0.2) is 4.98 Å². The fraction of sp³-hybridized carbons (Fsp3) is 0.421. The number of nitro groups is 1. The number of rotatable bonds is 9. The first-order valence-corrected chi connectivity index (χ1v) is 9.91. The fourth-order valence-corrected chi connectivity index (χ4v) is 3.43. The van der Waals surface area contributed by atoms with Gasteiger partial charge in [0, 0.05) is 29.1 Å². The molecule has 2 aromatic rings. The highest BCUT2D eigenvalue weighted by molar-refractivity contribution is 7.15. The van der Waals surface area contributed by atoms with Crippen LogP contribution in [0.4, 0.5) is 10.8 Å². The average molecular weight is 420 g/mol. The predicted molar refractivity (Wildman–Crippen MR) is 112 cm³/mol. The summed E-state index contributed by atoms with van der Waals surface area (Å²) in [5, 5.41) is 14.1. The molecule has 0 aliphatic carbocycles. The Kier molecular flexibility index (Phi) is 7.80. The smallest absolute Gasteiger partial charge is 0.269 e. The first-order chi connectivity index (χ1) is 13.7. The molecule has 0 saturated carbocycles. The van der Waals surface area contributed by atoms with E-state index in [9.17, 15) is 19.7 Å². The summed E-state index contributed by atoms with van der Waals surface area (Å²) in [5.41, 5.74) is 1.07. The standard InChI is InChI=1S/C19H25N5O4S/c1-13-14(2)29-19(20-13)21-17(25)12-23(11-5-10-22(3)4)18(26)15-6-8-16(9-7-15)24(27)28/h6-9H,5,10-12H2,1-4H3,(H,20,21,25). The van der Waals surface area contributed by atoms with Gasteiger partial charge in [-0.3, -0.25) is 19.7 Å². The van der Waals surface area contributed by atoms with E-state index in [1.807, 2.05) is 32.8 Å². The Morgan fingerprint density at radius 3 is 2.34 bits per heavy atom. The number of nitrogens with zero attached hydrogens (tertiary/aromatic N) is 4. The Labute approximate surface area is 173 Å². The number of aryl methyl sites for hydroxylation is 2. The Hall–Kier alpha value is -2.85. The third-order valence-corrected chi connectivity index (χ3v) is 5.24. The Bertz CT molecular complexity index is 860. The normalized spacial score (nSPS) is 10.8. The number of nitro benzene ring substituents is 1. The Morgan fingerprint density at radius 2 is 1.83 bits per heavy atom. The van der Waals surface area contributed by atoms with Gasteiger partial charge in [-0.1, -0.05) is 0 Å². The third-order valence-electron chi connectivity index (χ3n) is 4.25. The minimum absolute atomic E-state index is 0.0899. The van der Waals surface area contributed by atoms with E-state index in [1.54, 1.807) is 0 Å². The van der Waals surface area contributed by atoms with Crippen LogP contribution in [0.2, 0.25) is 0 Å². The zero-order valence-electron chi connectivity index (χ0n) is 17.0. The zero-order valence-corrected chi connectivity index (χ0v) is 17.8. The molecule has 0 radical (unpaired) electrons. The summed E-state index contributed by atoms with van der Waals surface area (Å²) < 4.78 is 0. The molecule has 2 rings (SSSR count). The molecule has 0 aliphatic rings. The lowest BCUT2D eigenvalue weighted by molar-refractivity contribution is -0.384. The molecular weight excluding hydrogens is 394 g/mol. The summed E-state index contributed by atoms with van der Waals surface area (Å²) in [6, 6.07) is 5.38. The highest BCUT2D eigenvalue weighted by Gasteiger charge is 2.20. The van der Waals surface area contributed by atoms with Crippen molar-refractivity contribution in [1.82, 2.24) is 14.8 Å². The van der Waals surface area contributed by atoms with Gasteiger partial charge in [-0.15, -0.1) is 11.3 Å². The van der Waals surface area contributed by atoms with Crippen molar-refractivity contribution in [2.75, 3.05) is 39.0 Å². The lowest BCUT2D eigenvalue weighted by Crippen LogP contribution is -2.39. The van der Waals surface area contributed by atoms with Crippen LogP contribution in [0.25, 0.3) is 0 Å². The number of hydrogen-bond acceptors (Lipinski definition) is 7. The molecule has 0 fully saturated rings. The number of non-ortho nitro benzene ring substituents is 1. The molecule has 0 spiro atoms. The minimum atomic E-state index is -0.519. The highest BCUT2D eigenvalue weighted by atomic mass is 32.1. The van der Waals surface area contributed by atoms with Crippen LogP contribution in [0, 0.1) is 24.0 Å². The van der Waals surface area contributed by atoms with Gasteiger partial charge in [0.15, 0.2) is 5.13 Å². The summed E-state index contributed by atoms with van der Waals surface area (Å²) in [6.45, 7) is 4.82. The maximum atomic E-state index is 12.9. The number of carbonyl (C=O) groups is 2. The predicted octanol–water partition coefficient (Wildman–Crippen LogP) is 2.70. The number of amides is 2. The van der Waals surface area contributed by atoms with E-state index >= 15 is 0 Å². The van der Waals surface area contributed by atoms with Crippen molar-refractivity contribution in [1.29, 1.82) is 0 Å². The number of benzene rings is 1. The molecule has 0 bridgehead atoms. The van der Waals surface area contributed by atoms with Gasteiger partial charge < -0.3 is 15.1 Å². The number of carbonyl (C=O) groups excluding carboxylic acids is 2. The summed E-state index contributed by atoms with van der Waals surface area (Å²) in [7, 11) is 3.87. The van der Waals surface area contributed by atoms with Crippen molar-refractivity contribution < 1.29 is 14.5 Å². The molecule has 1 aromatic carbocycles. The van der Waals surface area contributed by atoms with Gasteiger partial charge in [0.2, 0.25) is 5.91 Å². The summed E-state index contributed by atoms with van der Waals surface area (Å²) in [4.78, 5) is 44.4. The van der Waals surface area contributed by atoms with Crippen molar-refractivity contribution in [3.63, 3.8) is 0 Å². The maximum Gasteiger partial charge on any atom is 0.269 e. The second-order valence-corrected chi connectivity index (χ2v) is 8.10. The van der Waals surface area contributed by atoms with Crippen LogP contribution in [-0.4, -0.2) is 65.3 Å². The Balaban J connectivity index is 2.10. The van der Waals surface area contributed by atoms with Gasteiger partial charge in [-0.05, 0) is 53.0 Å². The van der Waals surface area contributed by atoms with Crippen LogP contribution in [0.1, 0.15) is 27.3 Å². The van der Waals surface area contributed by atoms with Gasteiger partial charge in [0.05, 0.1) is 10.6 Å². The number of aromatic nitrogens is 1. The molecule has 1 aromatic heterocycles. The van der Waals surface area contributed by atoms with Crippen LogP contribution >= 0.6 is 11.3 Å². The SMILES string of the molecule is Cc1nc(NC(=O)CN(CCCN(C)C)C(=O)c2ccc([N+](=O)[O-])cc2)sc1C. The second kappa shape index (κ2) is 10.1. The van der Waals surface area contributed by atoms with E-state index in [0.717, 1.165) is 17.1 Å². The molecule has 156 valence electrons. The average Bonchev–Trinajstić information content (AvgIpc) is 2.97. The molecule has 0 aliphatic heterocycles. The molecule has 1 heterocycles. The van der Waals surface area contributed by atoms with Crippen LogP contribution in [0.3, 0.4) is 0 Å². The molecule has 10 heteroatoms. The molecular formula is C19H25N5O4S. The van der Waals surface area contributed by atoms with E-state index in [2.05, 4.69) is 10.3 Å². The second-order valence-electron chi connectivity index (χ2n) is 6.90. The molecule has 29 heavy (non-hydrogen) atoms. The van der Waals surface area contributed by atoms with Gasteiger partial charge >= 0.3 is 0 Å². The number of anilines is 1. The van der Waals surface area contributed by atoms with Gasteiger partial charge in [-0.2, -0.15) is 0 Å². The molecule has 0 atom stereocenters. The van der Waals surface area contributed by atoms with E-state index in [1.165, 1.54) is 40.5 Å². The molecule has 0 saturated heterocycles. The van der Waals surface area contributed by atoms with Crippen LogP contribution < -0.4 is 5.32 Å². The molecule has 0 unspecified atom stereocenters. The highest BCUT2D eigenvalue weighted by Crippen LogP contribution is 2.21. The molecule has 1 N–H and O–H groups in total. The zero-order chi connectivity index (χ0) is 21.6. The summed E-state index contributed by atoms with van der Waals surface area (Å²) in [5.74, 6) is -0.681. The Morgan fingerprint density at radius 1 is 1.17 bits per heavy atom. The molecule has 9 nitrogen and oxygen atoms in total. The van der Waals surface area contributed by atoms with Crippen LogP contribution in [0.15, 0.2) is 24.3 Å². The lowest BCUT2D eigenvalue weighted by Gasteiger charge is -2.23. The van der Waals surface area contributed by atoms with Crippen molar-refractivity contribution in [2.45, 2.75) is 20.3 Å². The lowest BCUT2D eigenvalue weighted by atomic mass is 10.1. The maximum absolute atomic E-state index is 12.9. The summed E-state index contributed by atoms with van der Waals surface area (Å²) >= 11 is 1.38.